The highest BCUT2D eigenvalue weighted by Crippen LogP contribution is 2.05. The summed E-state index contributed by atoms with van der Waals surface area (Å²) >= 11 is 0. The monoisotopic (exact) mass is 200 g/mol. The number of oxime groups is 1. The third-order valence-corrected chi connectivity index (χ3v) is 2.19. The van der Waals surface area contributed by atoms with E-state index in [2.05, 4.69) is 10.1 Å². The van der Waals surface area contributed by atoms with Crippen molar-refractivity contribution >= 4 is 11.4 Å². The second-order valence-corrected chi connectivity index (χ2v) is 3.00. The van der Waals surface area contributed by atoms with Crippen LogP contribution in [0.2, 0.25) is 0 Å². The van der Waals surface area contributed by atoms with Crippen LogP contribution in [0, 0.1) is 15.6 Å². The standard InChI is InChI=1S/C6H8N4O4/c1-3-5-6(10(13)14-7-5)4(2)9(12)8(3)11/h9-10H,1-2H3. The number of hydrogen-bond donors (Lipinski definition) is 2. The number of hydroxylamine groups is 3. The van der Waals surface area contributed by atoms with Crippen molar-refractivity contribution in [3.05, 3.63) is 27.0 Å². The fourth-order valence-electron chi connectivity index (χ4n) is 1.36. The molecule has 0 spiro atoms. The largest absolute Gasteiger partial charge is 0.583 e. The van der Waals surface area contributed by atoms with Crippen LogP contribution in [-0.4, -0.2) is 16.3 Å². The summed E-state index contributed by atoms with van der Waals surface area (Å²) in [7, 11) is 0. The second-order valence-electron chi connectivity index (χ2n) is 3.00. The van der Waals surface area contributed by atoms with E-state index >= 15 is 0 Å². The van der Waals surface area contributed by atoms with Gasteiger partial charge in [0.2, 0.25) is 5.70 Å². The molecule has 2 aliphatic rings. The summed E-state index contributed by atoms with van der Waals surface area (Å²) in [6.07, 6.45) is 0. The summed E-state index contributed by atoms with van der Waals surface area (Å²) in [6, 6.07) is 0. The second kappa shape index (κ2) is 2.75. The lowest BCUT2D eigenvalue weighted by molar-refractivity contribution is -1.26. The molecular weight excluding hydrogens is 192 g/mol. The molecule has 2 atom stereocenters. The Labute approximate surface area is 78.6 Å². The number of allylic oxidation sites excluding steroid dienone is 2. The number of nitrogens with zero attached hydrogens (tertiary/aromatic N) is 2. The van der Waals surface area contributed by atoms with E-state index in [1.54, 1.807) is 0 Å². The molecule has 2 rings (SSSR count). The Bertz CT molecular complexity index is 385. The van der Waals surface area contributed by atoms with Gasteiger partial charge < -0.3 is 15.6 Å². The lowest BCUT2D eigenvalue weighted by Gasteiger charge is -2.24. The van der Waals surface area contributed by atoms with Gasteiger partial charge in [0.15, 0.2) is 0 Å². The van der Waals surface area contributed by atoms with Gasteiger partial charge in [-0.15, -0.1) is 5.23 Å². The van der Waals surface area contributed by atoms with Crippen molar-refractivity contribution in [2.75, 3.05) is 0 Å². The van der Waals surface area contributed by atoms with Crippen LogP contribution >= 0.6 is 0 Å². The minimum absolute atomic E-state index is 0.0758. The summed E-state index contributed by atoms with van der Waals surface area (Å²) in [5.74, 6) is 0. The van der Waals surface area contributed by atoms with Gasteiger partial charge in [0.05, 0.1) is 0 Å². The highest BCUT2D eigenvalue weighted by molar-refractivity contribution is 6.45. The van der Waals surface area contributed by atoms with E-state index in [0.29, 0.717) is 0 Å². The van der Waals surface area contributed by atoms with Gasteiger partial charge in [-0.05, 0) is 10.0 Å². The molecule has 8 nitrogen and oxygen atoms in total. The van der Waals surface area contributed by atoms with Gasteiger partial charge in [-0.25, -0.2) is 0 Å². The van der Waals surface area contributed by atoms with Crippen LogP contribution in [0.4, 0.5) is 0 Å². The molecule has 0 saturated carbocycles. The smallest absolute Gasteiger partial charge is 0.284 e. The van der Waals surface area contributed by atoms with E-state index in [-0.39, 0.29) is 27.7 Å². The van der Waals surface area contributed by atoms with E-state index in [0.717, 1.165) is 0 Å². The molecule has 2 aliphatic heterocycles. The van der Waals surface area contributed by atoms with Gasteiger partial charge >= 0.3 is 0 Å². The molecule has 2 N–H and O–H groups in total. The van der Waals surface area contributed by atoms with Crippen molar-refractivity contribution in [2.45, 2.75) is 13.8 Å². The van der Waals surface area contributed by atoms with Crippen LogP contribution in [0.25, 0.3) is 0 Å². The summed E-state index contributed by atoms with van der Waals surface area (Å²) in [6.45, 7) is 2.81. The molecule has 2 unspecified atom stereocenters. The molecule has 14 heavy (non-hydrogen) atoms. The molecule has 0 fully saturated rings. The predicted octanol–water partition coefficient (Wildman–Crippen LogP) is -2.82. The number of rotatable bonds is 0. The van der Waals surface area contributed by atoms with Crippen LogP contribution in [0.15, 0.2) is 16.5 Å². The Hall–Kier alpha value is -1.48. The molecule has 0 saturated heterocycles. The Kier molecular flexibility index (Phi) is 1.79. The SMILES string of the molecule is CC1=C2C(=NO[NH+]2[O-])C(C)=[N+]([O-])[NH+]1[O-]. The molecule has 0 aromatic carbocycles. The third kappa shape index (κ3) is 0.960. The van der Waals surface area contributed by atoms with Crippen LogP contribution < -0.4 is 10.4 Å². The van der Waals surface area contributed by atoms with E-state index in [4.69, 9.17) is 0 Å². The van der Waals surface area contributed by atoms with Gasteiger partial charge in [0.1, 0.15) is 0 Å². The van der Waals surface area contributed by atoms with Crippen molar-refractivity contribution in [1.82, 2.24) is 0 Å². The van der Waals surface area contributed by atoms with Crippen molar-refractivity contribution < 1.29 is 20.2 Å². The van der Waals surface area contributed by atoms with Gasteiger partial charge in [-0.3, -0.25) is 0 Å². The maximum Gasteiger partial charge on any atom is 0.284 e. The zero-order valence-electron chi connectivity index (χ0n) is 7.53. The first-order valence-electron chi connectivity index (χ1n) is 3.90. The van der Waals surface area contributed by atoms with Gasteiger partial charge in [0.25, 0.3) is 17.1 Å². The first-order valence-corrected chi connectivity index (χ1v) is 3.90. The fraction of sp³-hybridized carbons (Fsp3) is 0.333. The average molecular weight is 200 g/mol. The Morgan fingerprint density at radius 2 is 2.00 bits per heavy atom. The molecule has 2 heterocycles. The molecule has 76 valence electrons. The van der Waals surface area contributed by atoms with E-state index in [9.17, 15) is 15.6 Å². The van der Waals surface area contributed by atoms with E-state index < -0.39 is 10.4 Å². The maximum absolute atomic E-state index is 11.3. The summed E-state index contributed by atoms with van der Waals surface area (Å²) < 4.78 is 0. The molecule has 0 amide bonds. The van der Waals surface area contributed by atoms with E-state index in [1.807, 2.05) is 0 Å². The molecule has 0 aliphatic carbocycles. The minimum Gasteiger partial charge on any atom is -0.583 e. The lowest BCUT2D eigenvalue weighted by Crippen LogP contribution is -3.14. The van der Waals surface area contributed by atoms with Crippen molar-refractivity contribution in [3.63, 3.8) is 0 Å². The maximum atomic E-state index is 11.3. The third-order valence-electron chi connectivity index (χ3n) is 2.19. The number of fused-ring (bicyclic) bond motifs is 1. The van der Waals surface area contributed by atoms with Crippen LogP contribution in [0.3, 0.4) is 0 Å². The highest BCUT2D eigenvalue weighted by atomic mass is 17.0. The van der Waals surface area contributed by atoms with Gasteiger partial charge in [-0.2, -0.15) is 4.94 Å². The first kappa shape index (κ1) is 9.09. The number of hydrogen-bond acceptors (Lipinski definition) is 5. The average Bonchev–Trinajstić information content (AvgIpc) is 2.54. The van der Waals surface area contributed by atoms with Gasteiger partial charge in [-0.1, -0.05) is 5.17 Å². The molecule has 0 aromatic rings. The molecule has 0 bridgehead atoms. The van der Waals surface area contributed by atoms with E-state index in [1.165, 1.54) is 13.8 Å². The zero-order chi connectivity index (χ0) is 10.5. The van der Waals surface area contributed by atoms with Crippen molar-refractivity contribution in [2.24, 2.45) is 5.16 Å². The highest BCUT2D eigenvalue weighted by Gasteiger charge is 2.43. The number of quaternary nitrogens is 2. The molecular formula is C6H8N4O4. The molecule has 0 aromatic heterocycles. The Morgan fingerprint density at radius 1 is 1.36 bits per heavy atom. The predicted molar refractivity (Wildman–Crippen MR) is 44.2 cm³/mol. The Balaban J connectivity index is 2.57. The van der Waals surface area contributed by atoms with Crippen LogP contribution in [0.1, 0.15) is 13.8 Å². The normalized spacial score (nSPS) is 31.6. The fourth-order valence-corrected chi connectivity index (χ4v) is 1.36. The van der Waals surface area contributed by atoms with Crippen LogP contribution in [-0.2, 0) is 4.94 Å². The van der Waals surface area contributed by atoms with Crippen molar-refractivity contribution in [3.8, 4) is 0 Å². The van der Waals surface area contributed by atoms with Gasteiger partial charge in [0, 0.05) is 13.8 Å². The number of nitrogens with one attached hydrogen (secondary N) is 2. The van der Waals surface area contributed by atoms with Crippen molar-refractivity contribution in [1.29, 1.82) is 0 Å². The summed E-state index contributed by atoms with van der Waals surface area (Å²) in [5.41, 5.74) is 0.412. The summed E-state index contributed by atoms with van der Waals surface area (Å²) in [5, 5.41) is 35.7. The molecule has 0 radical (unpaired) electrons. The quantitative estimate of drug-likeness (QED) is 0.325. The lowest BCUT2D eigenvalue weighted by atomic mass is 10.1. The van der Waals surface area contributed by atoms with Crippen LogP contribution in [0.5, 0.6) is 0 Å². The summed E-state index contributed by atoms with van der Waals surface area (Å²) in [4.78, 5) is 4.60. The zero-order valence-corrected chi connectivity index (χ0v) is 7.53. The first-order chi connectivity index (χ1) is 6.54. The topological polar surface area (TPSA) is 103 Å². The molecule has 8 heteroatoms. The Morgan fingerprint density at radius 3 is 2.64 bits per heavy atom. The minimum atomic E-state index is -0.740.